The van der Waals surface area contributed by atoms with Gasteiger partial charge < -0.3 is 19.9 Å². The number of hydrogen-bond acceptors (Lipinski definition) is 4. The monoisotopic (exact) mass is 265 g/mol. The molecule has 1 aromatic carbocycles. The molecule has 19 heavy (non-hydrogen) atoms. The van der Waals surface area contributed by atoms with Gasteiger partial charge in [0.05, 0.1) is 31.4 Å². The highest BCUT2D eigenvalue weighted by atomic mass is 16.5. The van der Waals surface area contributed by atoms with E-state index in [0.29, 0.717) is 24.3 Å². The van der Waals surface area contributed by atoms with E-state index in [-0.39, 0.29) is 18.6 Å². The van der Waals surface area contributed by atoms with Crippen LogP contribution in [0.4, 0.5) is 0 Å². The zero-order chi connectivity index (χ0) is 13.8. The summed E-state index contributed by atoms with van der Waals surface area (Å²) in [5.74, 6) is 0.302. The fraction of sp³-hybridized carbons (Fsp3) is 0.500. The van der Waals surface area contributed by atoms with Gasteiger partial charge in [0.15, 0.2) is 0 Å². The van der Waals surface area contributed by atoms with Gasteiger partial charge in [-0.05, 0) is 25.5 Å². The number of methoxy groups -OCH3 is 1. The lowest BCUT2D eigenvalue weighted by Gasteiger charge is -2.28. The molecule has 0 unspecified atom stereocenters. The molecule has 1 aromatic rings. The van der Waals surface area contributed by atoms with Crippen LogP contribution in [-0.2, 0) is 4.74 Å². The van der Waals surface area contributed by atoms with Crippen molar-refractivity contribution in [1.82, 2.24) is 5.32 Å². The third-order valence-corrected chi connectivity index (χ3v) is 3.24. The number of aryl methyl sites for hydroxylation is 1. The summed E-state index contributed by atoms with van der Waals surface area (Å²) in [6, 6.07) is 5.16. The molecule has 0 bridgehead atoms. The Bertz CT molecular complexity index is 461. The lowest BCUT2D eigenvalue weighted by molar-refractivity contribution is -0.0261. The Labute approximate surface area is 112 Å². The number of carbonyl (C=O) groups excluding carboxylic acids is 1. The number of nitrogens with one attached hydrogen (secondary N) is 1. The van der Waals surface area contributed by atoms with Gasteiger partial charge >= 0.3 is 0 Å². The van der Waals surface area contributed by atoms with Crippen molar-refractivity contribution >= 4 is 5.91 Å². The van der Waals surface area contributed by atoms with Gasteiger partial charge in [-0.2, -0.15) is 0 Å². The summed E-state index contributed by atoms with van der Waals surface area (Å²) in [5.41, 5.74) is 1.47. The predicted molar refractivity (Wildman–Crippen MR) is 70.4 cm³/mol. The van der Waals surface area contributed by atoms with Crippen LogP contribution in [0.25, 0.3) is 0 Å². The van der Waals surface area contributed by atoms with Gasteiger partial charge in [-0.1, -0.05) is 11.6 Å². The number of rotatable bonds is 3. The lowest BCUT2D eigenvalue weighted by Crippen LogP contribution is -2.48. The molecule has 2 N–H and O–H groups in total. The van der Waals surface area contributed by atoms with E-state index in [1.54, 1.807) is 12.1 Å². The molecule has 2 atom stereocenters. The van der Waals surface area contributed by atoms with Gasteiger partial charge in [0.2, 0.25) is 0 Å². The van der Waals surface area contributed by atoms with E-state index >= 15 is 0 Å². The van der Waals surface area contributed by atoms with E-state index in [2.05, 4.69) is 5.32 Å². The first-order chi connectivity index (χ1) is 9.11. The van der Waals surface area contributed by atoms with E-state index in [0.717, 1.165) is 5.56 Å². The van der Waals surface area contributed by atoms with Crippen molar-refractivity contribution in [3.05, 3.63) is 29.3 Å². The van der Waals surface area contributed by atoms with Crippen molar-refractivity contribution in [3.63, 3.8) is 0 Å². The molecule has 5 heteroatoms. The average Bonchev–Trinajstić information content (AvgIpc) is 2.41. The summed E-state index contributed by atoms with van der Waals surface area (Å²) in [4.78, 5) is 12.2. The van der Waals surface area contributed by atoms with Crippen LogP contribution in [-0.4, -0.2) is 43.5 Å². The van der Waals surface area contributed by atoms with Crippen LogP contribution in [0.3, 0.4) is 0 Å². The van der Waals surface area contributed by atoms with Gasteiger partial charge in [0.1, 0.15) is 5.75 Å². The molecule has 1 heterocycles. The molecule has 0 aliphatic carbocycles. The van der Waals surface area contributed by atoms with E-state index in [4.69, 9.17) is 9.47 Å². The molecule has 1 fully saturated rings. The summed E-state index contributed by atoms with van der Waals surface area (Å²) in [6.45, 7) is 2.72. The van der Waals surface area contributed by atoms with Gasteiger partial charge in [-0.3, -0.25) is 4.79 Å². The predicted octanol–water partition coefficient (Wildman–Crippen LogP) is 0.883. The maximum atomic E-state index is 12.2. The maximum Gasteiger partial charge on any atom is 0.255 e. The first-order valence-corrected chi connectivity index (χ1v) is 6.33. The molecule has 1 aliphatic rings. The lowest BCUT2D eigenvalue weighted by atomic mass is 10.0. The second kappa shape index (κ2) is 6.04. The molecule has 2 rings (SSSR count). The zero-order valence-electron chi connectivity index (χ0n) is 11.2. The average molecular weight is 265 g/mol. The van der Waals surface area contributed by atoms with E-state index < -0.39 is 6.10 Å². The number of amides is 1. The molecule has 0 radical (unpaired) electrons. The molecule has 1 amide bonds. The van der Waals surface area contributed by atoms with Gasteiger partial charge in [0, 0.05) is 6.61 Å². The number of carbonyl (C=O) groups is 1. The minimum absolute atomic E-state index is 0.230. The minimum atomic E-state index is -0.659. The topological polar surface area (TPSA) is 67.8 Å². The van der Waals surface area contributed by atoms with Gasteiger partial charge in [-0.25, -0.2) is 0 Å². The third kappa shape index (κ3) is 3.24. The summed E-state index contributed by atoms with van der Waals surface area (Å²) >= 11 is 0. The second-order valence-corrected chi connectivity index (χ2v) is 4.71. The molecule has 104 valence electrons. The number of ether oxygens (including phenoxy) is 2. The number of hydrogen-bond donors (Lipinski definition) is 2. The van der Waals surface area contributed by atoms with Crippen molar-refractivity contribution in [2.24, 2.45) is 0 Å². The van der Waals surface area contributed by atoms with Crippen molar-refractivity contribution in [2.75, 3.05) is 20.3 Å². The molecule has 0 spiro atoms. The number of aliphatic hydroxyl groups is 1. The highest BCUT2D eigenvalue weighted by Gasteiger charge is 2.26. The third-order valence-electron chi connectivity index (χ3n) is 3.24. The van der Waals surface area contributed by atoms with Gasteiger partial charge in [0.25, 0.3) is 5.91 Å². The Hall–Kier alpha value is -1.59. The highest BCUT2D eigenvalue weighted by Crippen LogP contribution is 2.20. The van der Waals surface area contributed by atoms with Crippen LogP contribution in [0, 0.1) is 6.92 Å². The van der Waals surface area contributed by atoms with Crippen molar-refractivity contribution in [3.8, 4) is 5.75 Å². The van der Waals surface area contributed by atoms with Crippen LogP contribution in [0.5, 0.6) is 5.75 Å². The first-order valence-electron chi connectivity index (χ1n) is 6.33. The Morgan fingerprint density at radius 1 is 1.53 bits per heavy atom. The van der Waals surface area contributed by atoms with Crippen molar-refractivity contribution < 1.29 is 19.4 Å². The van der Waals surface area contributed by atoms with E-state index in [1.165, 1.54) is 7.11 Å². The summed E-state index contributed by atoms with van der Waals surface area (Å²) in [6.07, 6.45) is -0.0467. The molecular formula is C14H19NO4. The first kappa shape index (κ1) is 13.8. The Balaban J connectivity index is 2.13. The normalized spacial score (nSPS) is 22.9. The van der Waals surface area contributed by atoms with Crippen molar-refractivity contribution in [2.45, 2.75) is 25.5 Å². The molecule has 0 saturated carbocycles. The second-order valence-electron chi connectivity index (χ2n) is 4.71. The maximum absolute atomic E-state index is 12.2. The summed E-state index contributed by atoms with van der Waals surface area (Å²) in [5, 5.41) is 12.6. The summed E-state index contributed by atoms with van der Waals surface area (Å²) < 4.78 is 10.3. The Morgan fingerprint density at radius 3 is 3.00 bits per heavy atom. The smallest absolute Gasteiger partial charge is 0.255 e. The number of aliphatic hydroxyl groups excluding tert-OH is 1. The molecule has 1 saturated heterocycles. The van der Waals surface area contributed by atoms with Crippen LogP contribution < -0.4 is 10.1 Å². The van der Waals surface area contributed by atoms with Crippen LogP contribution in [0.15, 0.2) is 18.2 Å². The van der Waals surface area contributed by atoms with E-state index in [1.807, 2.05) is 13.0 Å². The zero-order valence-corrected chi connectivity index (χ0v) is 11.2. The van der Waals surface area contributed by atoms with Crippen molar-refractivity contribution in [1.29, 1.82) is 0 Å². The van der Waals surface area contributed by atoms with Crippen LogP contribution in [0.1, 0.15) is 22.3 Å². The standard InChI is InChI=1S/C14H19NO4/c1-9-3-4-13(18-2)10(7-9)14(17)15-11-5-6-19-8-12(11)16/h3-4,7,11-12,16H,5-6,8H2,1-2H3,(H,15,17)/t11-,12-/m1/s1. The quantitative estimate of drug-likeness (QED) is 0.851. The van der Waals surface area contributed by atoms with E-state index in [9.17, 15) is 9.90 Å². The van der Waals surface area contributed by atoms with Gasteiger partial charge in [-0.15, -0.1) is 0 Å². The fourth-order valence-corrected chi connectivity index (χ4v) is 2.14. The van der Waals surface area contributed by atoms with Crippen LogP contribution >= 0.6 is 0 Å². The number of benzene rings is 1. The van der Waals surface area contributed by atoms with Crippen LogP contribution in [0.2, 0.25) is 0 Å². The SMILES string of the molecule is COc1ccc(C)cc1C(=O)N[C@@H]1CCOC[C@H]1O. The fourth-order valence-electron chi connectivity index (χ4n) is 2.14. The summed E-state index contributed by atoms with van der Waals surface area (Å²) in [7, 11) is 1.53. The highest BCUT2D eigenvalue weighted by molar-refractivity contribution is 5.97. The molecule has 1 aliphatic heterocycles. The minimum Gasteiger partial charge on any atom is -0.496 e. The Morgan fingerprint density at radius 2 is 2.32 bits per heavy atom. The molecule has 5 nitrogen and oxygen atoms in total. The largest absolute Gasteiger partial charge is 0.496 e. The molecular weight excluding hydrogens is 246 g/mol. The molecule has 0 aromatic heterocycles. The Kier molecular flexibility index (Phi) is 4.39.